The van der Waals surface area contributed by atoms with Gasteiger partial charge in [0, 0.05) is 31.7 Å². The quantitative estimate of drug-likeness (QED) is 0.904. The van der Waals surface area contributed by atoms with Gasteiger partial charge in [0.1, 0.15) is 0 Å². The molecule has 3 rings (SSSR count). The molecule has 5 nitrogen and oxygen atoms in total. The first-order valence-electron chi connectivity index (χ1n) is 7.79. The van der Waals surface area contributed by atoms with E-state index in [1.165, 1.54) is 6.42 Å². The highest BCUT2D eigenvalue weighted by molar-refractivity contribution is 5.78. The number of aliphatic hydroxyl groups is 1. The molecule has 1 saturated carbocycles. The van der Waals surface area contributed by atoms with Gasteiger partial charge in [0.05, 0.1) is 11.3 Å². The Kier molecular flexibility index (Phi) is 3.95. The van der Waals surface area contributed by atoms with E-state index in [4.69, 9.17) is 0 Å². The smallest absolute Gasteiger partial charge is 0.157 e. The number of fused-ring (bicyclic) bond motifs is 1. The molecule has 0 amide bonds. The molecule has 0 spiro atoms. The van der Waals surface area contributed by atoms with Crippen LogP contribution in [-0.4, -0.2) is 32.0 Å². The summed E-state index contributed by atoms with van der Waals surface area (Å²) < 4.78 is 1.81. The molecule has 2 aromatic heterocycles. The summed E-state index contributed by atoms with van der Waals surface area (Å²) >= 11 is 0. The fourth-order valence-electron chi connectivity index (χ4n) is 3.27. The molecule has 1 aliphatic carbocycles. The molecule has 2 heterocycles. The average Bonchev–Trinajstić information content (AvgIpc) is 2.74. The van der Waals surface area contributed by atoms with Gasteiger partial charge in [0.25, 0.3) is 0 Å². The second-order valence-electron chi connectivity index (χ2n) is 6.31. The van der Waals surface area contributed by atoms with Crippen LogP contribution in [-0.2, 0) is 13.6 Å². The van der Waals surface area contributed by atoms with E-state index in [0.29, 0.717) is 6.54 Å². The van der Waals surface area contributed by atoms with Gasteiger partial charge in [-0.1, -0.05) is 19.3 Å². The Morgan fingerprint density at radius 1 is 1.33 bits per heavy atom. The van der Waals surface area contributed by atoms with Crippen molar-refractivity contribution in [1.82, 2.24) is 20.1 Å². The minimum atomic E-state index is -0.514. The number of pyridine rings is 1. The van der Waals surface area contributed by atoms with Crippen LogP contribution in [0.4, 0.5) is 0 Å². The van der Waals surface area contributed by atoms with E-state index in [2.05, 4.69) is 21.5 Å². The minimum absolute atomic E-state index is 0.514. The van der Waals surface area contributed by atoms with Crippen molar-refractivity contribution in [3.8, 4) is 0 Å². The summed E-state index contributed by atoms with van der Waals surface area (Å²) in [5.74, 6) is 0. The number of rotatable bonds is 4. The fourth-order valence-corrected chi connectivity index (χ4v) is 3.27. The van der Waals surface area contributed by atoms with E-state index in [0.717, 1.165) is 54.5 Å². The molecule has 5 heteroatoms. The van der Waals surface area contributed by atoms with Crippen LogP contribution in [0.2, 0.25) is 0 Å². The zero-order chi connectivity index (χ0) is 14.9. The Labute approximate surface area is 125 Å². The first-order chi connectivity index (χ1) is 10.1. The highest BCUT2D eigenvalue weighted by atomic mass is 16.3. The van der Waals surface area contributed by atoms with Gasteiger partial charge in [-0.05, 0) is 31.4 Å². The van der Waals surface area contributed by atoms with Crippen molar-refractivity contribution in [2.24, 2.45) is 7.05 Å². The normalized spacial score (nSPS) is 18.2. The van der Waals surface area contributed by atoms with Crippen LogP contribution in [0.25, 0.3) is 11.0 Å². The summed E-state index contributed by atoms with van der Waals surface area (Å²) in [5.41, 5.74) is 2.55. The van der Waals surface area contributed by atoms with Crippen molar-refractivity contribution in [1.29, 1.82) is 0 Å². The molecule has 2 N–H and O–H groups in total. The molecular weight excluding hydrogens is 264 g/mol. The molecular formula is C16H24N4O. The van der Waals surface area contributed by atoms with E-state index in [9.17, 15) is 5.11 Å². The molecule has 0 radical (unpaired) electrons. The lowest BCUT2D eigenvalue weighted by Gasteiger charge is -2.32. The van der Waals surface area contributed by atoms with Gasteiger partial charge < -0.3 is 10.4 Å². The molecule has 0 saturated heterocycles. The predicted octanol–water partition coefficient (Wildman–Crippen LogP) is 2.06. The summed E-state index contributed by atoms with van der Waals surface area (Å²) in [6.07, 6.45) is 7.25. The van der Waals surface area contributed by atoms with Gasteiger partial charge in [-0.2, -0.15) is 5.10 Å². The van der Waals surface area contributed by atoms with E-state index in [-0.39, 0.29) is 0 Å². The molecule has 0 aromatic carbocycles. The molecule has 0 unspecified atom stereocenters. The van der Waals surface area contributed by atoms with E-state index < -0.39 is 5.60 Å². The standard InChI is InChI=1S/C16H24N4O/c1-12-14-8-13(10-18-15(14)20(2)19-12)9-17-11-16(21)6-4-3-5-7-16/h8,10,17,21H,3-7,9,11H2,1-2H3. The Morgan fingerprint density at radius 3 is 2.86 bits per heavy atom. The lowest BCUT2D eigenvalue weighted by molar-refractivity contribution is 0.00467. The zero-order valence-corrected chi connectivity index (χ0v) is 12.9. The van der Waals surface area contributed by atoms with Gasteiger partial charge in [-0.3, -0.25) is 4.68 Å². The van der Waals surface area contributed by atoms with Crippen LogP contribution < -0.4 is 5.32 Å². The number of aryl methyl sites for hydroxylation is 2. The largest absolute Gasteiger partial charge is 0.389 e. The lowest BCUT2D eigenvalue weighted by Crippen LogP contribution is -2.41. The van der Waals surface area contributed by atoms with Gasteiger partial charge in [-0.25, -0.2) is 4.98 Å². The number of hydrogen-bond donors (Lipinski definition) is 2. The molecule has 21 heavy (non-hydrogen) atoms. The van der Waals surface area contributed by atoms with Crippen LogP contribution in [0.5, 0.6) is 0 Å². The average molecular weight is 288 g/mol. The van der Waals surface area contributed by atoms with Crippen molar-refractivity contribution in [3.63, 3.8) is 0 Å². The van der Waals surface area contributed by atoms with Gasteiger partial charge >= 0.3 is 0 Å². The number of nitrogens with zero attached hydrogens (tertiary/aromatic N) is 3. The van der Waals surface area contributed by atoms with Crippen molar-refractivity contribution in [3.05, 3.63) is 23.5 Å². The van der Waals surface area contributed by atoms with Crippen LogP contribution >= 0.6 is 0 Å². The number of hydrogen-bond acceptors (Lipinski definition) is 4. The highest BCUT2D eigenvalue weighted by Gasteiger charge is 2.28. The number of nitrogens with one attached hydrogen (secondary N) is 1. The maximum atomic E-state index is 10.5. The Hall–Kier alpha value is -1.46. The summed E-state index contributed by atoms with van der Waals surface area (Å²) in [6, 6.07) is 2.14. The lowest BCUT2D eigenvalue weighted by atomic mass is 9.85. The van der Waals surface area contributed by atoms with Crippen LogP contribution in [0.3, 0.4) is 0 Å². The van der Waals surface area contributed by atoms with E-state index in [1.807, 2.05) is 24.9 Å². The Bertz CT molecular complexity index is 628. The predicted molar refractivity (Wildman–Crippen MR) is 83.0 cm³/mol. The summed E-state index contributed by atoms with van der Waals surface area (Å²) in [5, 5.41) is 19.4. The Balaban J connectivity index is 1.64. The topological polar surface area (TPSA) is 63.0 Å². The second-order valence-corrected chi connectivity index (χ2v) is 6.31. The minimum Gasteiger partial charge on any atom is -0.389 e. The van der Waals surface area contributed by atoms with Crippen molar-refractivity contribution >= 4 is 11.0 Å². The van der Waals surface area contributed by atoms with Crippen LogP contribution in [0.15, 0.2) is 12.3 Å². The molecule has 2 aromatic rings. The van der Waals surface area contributed by atoms with Crippen LogP contribution in [0.1, 0.15) is 43.4 Å². The maximum absolute atomic E-state index is 10.5. The molecule has 1 fully saturated rings. The Morgan fingerprint density at radius 2 is 2.10 bits per heavy atom. The molecule has 0 aliphatic heterocycles. The summed E-state index contributed by atoms with van der Waals surface area (Å²) in [7, 11) is 1.92. The molecule has 1 aliphatic rings. The zero-order valence-electron chi connectivity index (χ0n) is 12.9. The highest BCUT2D eigenvalue weighted by Crippen LogP contribution is 2.27. The third-order valence-electron chi connectivity index (χ3n) is 4.49. The second kappa shape index (κ2) is 5.73. The van der Waals surface area contributed by atoms with Crippen molar-refractivity contribution in [2.45, 2.75) is 51.2 Å². The molecule has 114 valence electrons. The van der Waals surface area contributed by atoms with Crippen LogP contribution in [0, 0.1) is 6.92 Å². The third-order valence-corrected chi connectivity index (χ3v) is 4.49. The third kappa shape index (κ3) is 3.09. The van der Waals surface area contributed by atoms with Gasteiger partial charge in [-0.15, -0.1) is 0 Å². The first kappa shape index (κ1) is 14.5. The SMILES string of the molecule is Cc1nn(C)c2ncc(CNCC3(O)CCCCC3)cc12. The summed E-state index contributed by atoms with van der Waals surface area (Å²) in [4.78, 5) is 4.48. The van der Waals surface area contributed by atoms with E-state index in [1.54, 1.807) is 0 Å². The number of aromatic nitrogens is 3. The van der Waals surface area contributed by atoms with Crippen molar-refractivity contribution in [2.75, 3.05) is 6.54 Å². The van der Waals surface area contributed by atoms with E-state index >= 15 is 0 Å². The van der Waals surface area contributed by atoms with Gasteiger partial charge in [0.2, 0.25) is 0 Å². The maximum Gasteiger partial charge on any atom is 0.157 e. The molecule has 0 bridgehead atoms. The monoisotopic (exact) mass is 288 g/mol. The first-order valence-corrected chi connectivity index (χ1v) is 7.79. The fraction of sp³-hybridized carbons (Fsp3) is 0.625. The molecule has 0 atom stereocenters. The van der Waals surface area contributed by atoms with Gasteiger partial charge in [0.15, 0.2) is 5.65 Å². The van der Waals surface area contributed by atoms with Crippen molar-refractivity contribution < 1.29 is 5.11 Å². The summed E-state index contributed by atoms with van der Waals surface area (Å²) in [6.45, 7) is 3.41.